The van der Waals surface area contributed by atoms with E-state index in [1.165, 1.54) is 25.5 Å². The molecule has 0 aromatic carbocycles. The average molecular weight is 354 g/mol. The van der Waals surface area contributed by atoms with E-state index in [2.05, 4.69) is 25.3 Å². The van der Waals surface area contributed by atoms with Gasteiger partial charge in [-0.25, -0.2) is 19.3 Å². The van der Waals surface area contributed by atoms with Crippen molar-refractivity contribution in [1.82, 2.24) is 19.9 Å². The highest BCUT2D eigenvalue weighted by Gasteiger charge is 2.18. The lowest BCUT2D eigenvalue weighted by molar-refractivity contribution is 0.459. The molecule has 6 nitrogen and oxygen atoms in total. The van der Waals surface area contributed by atoms with Crippen LogP contribution >= 0.6 is 0 Å². The Morgan fingerprint density at radius 3 is 2.73 bits per heavy atom. The summed E-state index contributed by atoms with van der Waals surface area (Å²) >= 11 is 0. The van der Waals surface area contributed by atoms with Gasteiger partial charge in [-0.05, 0) is 18.9 Å². The maximum atomic E-state index is 14.2. The van der Waals surface area contributed by atoms with Gasteiger partial charge in [0.05, 0.1) is 18.1 Å². The van der Waals surface area contributed by atoms with Gasteiger partial charge in [0.15, 0.2) is 17.5 Å². The van der Waals surface area contributed by atoms with Crippen molar-refractivity contribution in [3.8, 4) is 11.4 Å². The molecule has 7 heteroatoms. The van der Waals surface area contributed by atoms with Crippen molar-refractivity contribution in [2.45, 2.75) is 38.1 Å². The van der Waals surface area contributed by atoms with E-state index in [0.717, 1.165) is 35.1 Å². The molecule has 1 fully saturated rings. The molecule has 0 saturated heterocycles. The van der Waals surface area contributed by atoms with Crippen molar-refractivity contribution in [3.63, 3.8) is 0 Å². The van der Waals surface area contributed by atoms with Crippen molar-refractivity contribution in [2.24, 2.45) is 0 Å². The van der Waals surface area contributed by atoms with Gasteiger partial charge in [-0.15, -0.1) is 0 Å². The summed E-state index contributed by atoms with van der Waals surface area (Å²) in [5.74, 6) is 0.368. The van der Waals surface area contributed by atoms with Gasteiger partial charge in [-0.2, -0.15) is 0 Å². The Hall–Kier alpha value is -2.70. The fourth-order valence-corrected chi connectivity index (χ4v) is 3.46. The maximum Gasteiger partial charge on any atom is 0.183 e. The number of nitrogens with one attached hydrogen (secondary N) is 2. The number of rotatable bonds is 4. The van der Waals surface area contributed by atoms with Crippen LogP contribution in [0.2, 0.25) is 0 Å². The summed E-state index contributed by atoms with van der Waals surface area (Å²) < 4.78 is 14.2. The van der Waals surface area contributed by atoms with E-state index >= 15 is 0 Å². The second-order valence-electron chi connectivity index (χ2n) is 7.06. The minimum Gasteiger partial charge on any atom is -0.376 e. The van der Waals surface area contributed by atoms with Gasteiger partial charge in [0, 0.05) is 37.3 Å². The largest absolute Gasteiger partial charge is 0.376 e. The molecule has 3 aromatic heterocycles. The predicted molar refractivity (Wildman–Crippen MR) is 102 cm³/mol. The summed E-state index contributed by atoms with van der Waals surface area (Å²) in [7, 11) is 3.94. The van der Waals surface area contributed by atoms with E-state index in [4.69, 9.17) is 0 Å². The van der Waals surface area contributed by atoms with Crippen LogP contribution in [0.4, 0.5) is 15.9 Å². The lowest BCUT2D eigenvalue weighted by Crippen LogP contribution is -2.23. The zero-order valence-electron chi connectivity index (χ0n) is 15.1. The number of H-pyrrole nitrogens is 1. The van der Waals surface area contributed by atoms with Gasteiger partial charge in [0.1, 0.15) is 5.65 Å². The van der Waals surface area contributed by atoms with Crippen LogP contribution in [0.1, 0.15) is 32.1 Å². The topological polar surface area (TPSA) is 69.7 Å². The van der Waals surface area contributed by atoms with E-state index in [1.807, 2.05) is 37.5 Å². The summed E-state index contributed by atoms with van der Waals surface area (Å²) in [6.07, 6.45) is 10.6. The molecule has 136 valence electrons. The van der Waals surface area contributed by atoms with Gasteiger partial charge < -0.3 is 15.2 Å². The Balaban J connectivity index is 1.70. The molecule has 0 atom stereocenters. The molecule has 26 heavy (non-hydrogen) atoms. The van der Waals surface area contributed by atoms with E-state index < -0.39 is 5.82 Å². The second kappa shape index (κ2) is 6.90. The number of hydrogen-bond acceptors (Lipinski definition) is 5. The summed E-state index contributed by atoms with van der Waals surface area (Å²) in [5.41, 5.74) is 2.57. The number of nitrogens with zero attached hydrogens (tertiary/aromatic N) is 4. The molecule has 0 aliphatic heterocycles. The Kier molecular flexibility index (Phi) is 4.44. The minimum atomic E-state index is -0.411. The van der Waals surface area contributed by atoms with Gasteiger partial charge in [-0.1, -0.05) is 19.3 Å². The van der Waals surface area contributed by atoms with Gasteiger partial charge >= 0.3 is 0 Å². The van der Waals surface area contributed by atoms with Crippen LogP contribution in [-0.4, -0.2) is 40.1 Å². The standard InChI is InChI=1S/C19H23FN6/c1-26(2)13-8-14-15(10-22-17(14)21-9-13)18-23-11-16(20)19(25-18)24-12-6-4-3-5-7-12/h8-12H,3-7H2,1-2H3,(H,21,22)(H,23,24,25). The lowest BCUT2D eigenvalue weighted by Gasteiger charge is -2.23. The molecule has 1 saturated carbocycles. The van der Waals surface area contributed by atoms with E-state index in [0.29, 0.717) is 5.82 Å². The van der Waals surface area contributed by atoms with Crippen LogP contribution in [-0.2, 0) is 0 Å². The van der Waals surface area contributed by atoms with Crippen LogP contribution in [0.15, 0.2) is 24.7 Å². The number of anilines is 2. The smallest absolute Gasteiger partial charge is 0.183 e. The Morgan fingerprint density at radius 2 is 1.96 bits per heavy atom. The molecule has 0 amide bonds. The third-order valence-electron chi connectivity index (χ3n) is 4.96. The molecule has 3 heterocycles. The van der Waals surface area contributed by atoms with Crippen LogP contribution in [0.5, 0.6) is 0 Å². The Labute approximate surface area is 151 Å². The first-order valence-electron chi connectivity index (χ1n) is 9.06. The maximum absolute atomic E-state index is 14.2. The van der Waals surface area contributed by atoms with Crippen molar-refractivity contribution >= 4 is 22.5 Å². The number of halogens is 1. The Morgan fingerprint density at radius 1 is 1.15 bits per heavy atom. The van der Waals surface area contributed by atoms with E-state index in [-0.39, 0.29) is 11.9 Å². The molecule has 0 spiro atoms. The highest BCUT2D eigenvalue weighted by molar-refractivity contribution is 5.93. The second-order valence-corrected chi connectivity index (χ2v) is 7.06. The molecule has 2 N–H and O–H groups in total. The summed E-state index contributed by atoms with van der Waals surface area (Å²) in [4.78, 5) is 18.3. The lowest BCUT2D eigenvalue weighted by atomic mass is 9.95. The molecule has 4 rings (SSSR count). The summed E-state index contributed by atoms with van der Waals surface area (Å²) in [6.45, 7) is 0. The molecule has 0 bridgehead atoms. The fourth-order valence-electron chi connectivity index (χ4n) is 3.46. The molecule has 1 aliphatic rings. The average Bonchev–Trinajstić information content (AvgIpc) is 3.07. The minimum absolute atomic E-state index is 0.283. The first-order chi connectivity index (χ1) is 12.6. The van der Waals surface area contributed by atoms with Gasteiger partial charge in [-0.3, -0.25) is 0 Å². The van der Waals surface area contributed by atoms with Crippen molar-refractivity contribution < 1.29 is 4.39 Å². The molecule has 0 radical (unpaired) electrons. The fraction of sp³-hybridized carbons (Fsp3) is 0.421. The number of aromatic nitrogens is 4. The molecule has 1 aliphatic carbocycles. The zero-order chi connectivity index (χ0) is 18.1. The third kappa shape index (κ3) is 3.21. The Bertz CT molecular complexity index is 914. The van der Waals surface area contributed by atoms with Crippen LogP contribution in [0.25, 0.3) is 22.4 Å². The molecule has 0 unspecified atom stereocenters. The molecule has 3 aromatic rings. The number of pyridine rings is 1. The van der Waals surface area contributed by atoms with Crippen molar-refractivity contribution in [1.29, 1.82) is 0 Å². The van der Waals surface area contributed by atoms with E-state index in [1.54, 1.807) is 0 Å². The molecular formula is C19H23FN6. The normalized spacial score (nSPS) is 15.3. The van der Waals surface area contributed by atoms with Crippen molar-refractivity contribution in [2.75, 3.05) is 24.3 Å². The first kappa shape index (κ1) is 16.8. The molecular weight excluding hydrogens is 331 g/mol. The van der Waals surface area contributed by atoms with Crippen LogP contribution < -0.4 is 10.2 Å². The number of aromatic amines is 1. The van der Waals surface area contributed by atoms with Gasteiger partial charge in [0.25, 0.3) is 0 Å². The SMILES string of the molecule is CN(C)c1cnc2[nH]cc(-c3ncc(F)c(NC4CCCCC4)n3)c2c1. The van der Waals surface area contributed by atoms with Crippen LogP contribution in [0, 0.1) is 5.82 Å². The highest BCUT2D eigenvalue weighted by Crippen LogP contribution is 2.29. The monoisotopic (exact) mass is 354 g/mol. The highest BCUT2D eigenvalue weighted by atomic mass is 19.1. The summed E-state index contributed by atoms with van der Waals surface area (Å²) in [6, 6.07) is 2.32. The number of hydrogen-bond donors (Lipinski definition) is 2. The first-order valence-corrected chi connectivity index (χ1v) is 9.06. The summed E-state index contributed by atoms with van der Waals surface area (Å²) in [5, 5.41) is 4.19. The zero-order valence-corrected chi connectivity index (χ0v) is 15.1. The third-order valence-corrected chi connectivity index (χ3v) is 4.96. The number of fused-ring (bicyclic) bond motifs is 1. The quantitative estimate of drug-likeness (QED) is 0.742. The van der Waals surface area contributed by atoms with Gasteiger partial charge in [0.2, 0.25) is 0 Å². The van der Waals surface area contributed by atoms with E-state index in [9.17, 15) is 4.39 Å². The van der Waals surface area contributed by atoms with Crippen molar-refractivity contribution in [3.05, 3.63) is 30.5 Å². The van der Waals surface area contributed by atoms with Crippen LogP contribution in [0.3, 0.4) is 0 Å². The predicted octanol–water partition coefficient (Wildman–Crippen LogP) is 3.97.